The maximum atomic E-state index is 12.1. The zero-order valence-electron chi connectivity index (χ0n) is 10.9. The average molecular weight is 282 g/mol. The van der Waals surface area contributed by atoms with Gasteiger partial charge in [-0.15, -0.1) is 11.3 Å². The second kappa shape index (κ2) is 6.06. The maximum Gasteiger partial charge on any atom is 0.351 e. The summed E-state index contributed by atoms with van der Waals surface area (Å²) in [7, 11) is 0. The summed E-state index contributed by atoms with van der Waals surface area (Å²) in [4.78, 5) is 26.1. The fourth-order valence-corrected chi connectivity index (χ4v) is 2.82. The molecule has 1 fully saturated rings. The number of ether oxygens (including phenoxy) is 1. The van der Waals surface area contributed by atoms with Crippen LogP contribution in [0.5, 0.6) is 0 Å². The third-order valence-electron chi connectivity index (χ3n) is 3.18. The Labute approximate surface area is 116 Å². The summed E-state index contributed by atoms with van der Waals surface area (Å²) in [6, 6.07) is 1.65. The molecule has 2 rings (SSSR count). The van der Waals surface area contributed by atoms with Crippen molar-refractivity contribution in [3.05, 3.63) is 16.3 Å². The predicted octanol–water partition coefficient (Wildman–Crippen LogP) is 1.89. The van der Waals surface area contributed by atoms with Crippen LogP contribution < -0.4 is 5.73 Å². The van der Waals surface area contributed by atoms with E-state index in [1.807, 2.05) is 0 Å². The van der Waals surface area contributed by atoms with Gasteiger partial charge < -0.3 is 15.4 Å². The van der Waals surface area contributed by atoms with Crippen LogP contribution in [-0.2, 0) is 9.53 Å². The van der Waals surface area contributed by atoms with Gasteiger partial charge >= 0.3 is 5.97 Å². The summed E-state index contributed by atoms with van der Waals surface area (Å²) in [5.41, 5.74) is 6.05. The Kier molecular flexibility index (Phi) is 4.42. The van der Waals surface area contributed by atoms with Crippen LogP contribution in [0.3, 0.4) is 0 Å². The average Bonchev–Trinajstić information content (AvgIpc) is 2.85. The molecule has 1 atom stereocenters. The molecule has 1 unspecified atom stereocenters. The van der Waals surface area contributed by atoms with Crippen molar-refractivity contribution < 1.29 is 14.3 Å². The molecule has 1 aromatic heterocycles. The lowest BCUT2D eigenvalue weighted by molar-refractivity contribution is -0.140. The van der Waals surface area contributed by atoms with E-state index in [0.29, 0.717) is 10.6 Å². The Morgan fingerprint density at radius 1 is 1.37 bits per heavy atom. The van der Waals surface area contributed by atoms with Gasteiger partial charge in [0.05, 0.1) is 5.69 Å². The summed E-state index contributed by atoms with van der Waals surface area (Å²) in [6.45, 7) is 3.11. The number of carbonyl (C=O) groups is 2. The van der Waals surface area contributed by atoms with Crippen molar-refractivity contribution in [3.8, 4) is 0 Å². The van der Waals surface area contributed by atoms with E-state index in [2.05, 4.69) is 0 Å². The molecule has 1 saturated heterocycles. The minimum Gasteiger partial charge on any atom is -0.448 e. The van der Waals surface area contributed by atoms with Gasteiger partial charge in [-0.3, -0.25) is 4.79 Å². The monoisotopic (exact) mass is 282 g/mol. The molecule has 2 N–H and O–H groups in total. The number of likely N-dealkylation sites (tertiary alicyclic amines) is 1. The summed E-state index contributed by atoms with van der Waals surface area (Å²) in [6.07, 6.45) is 2.44. The van der Waals surface area contributed by atoms with E-state index < -0.39 is 12.1 Å². The number of piperidine rings is 1. The van der Waals surface area contributed by atoms with Gasteiger partial charge in [-0.1, -0.05) is 0 Å². The van der Waals surface area contributed by atoms with Crippen molar-refractivity contribution in [2.24, 2.45) is 0 Å². The standard InChI is InChI=1S/C13H18N2O3S/c1-9(12(16)15-6-3-2-4-7-15)18-13(17)11-10(14)5-8-19-11/h5,8-9H,2-4,6-7,14H2,1H3. The lowest BCUT2D eigenvalue weighted by Gasteiger charge is -2.28. The summed E-state index contributed by atoms with van der Waals surface area (Å²) >= 11 is 1.22. The lowest BCUT2D eigenvalue weighted by Crippen LogP contribution is -2.42. The molecule has 1 aliphatic rings. The molecule has 0 aliphatic carbocycles. The minimum atomic E-state index is -0.757. The molecule has 0 bridgehead atoms. The van der Waals surface area contributed by atoms with E-state index in [1.165, 1.54) is 11.3 Å². The van der Waals surface area contributed by atoms with Gasteiger partial charge in [0.2, 0.25) is 0 Å². The molecular weight excluding hydrogens is 264 g/mol. The highest BCUT2D eigenvalue weighted by Gasteiger charge is 2.26. The number of esters is 1. The molecule has 104 valence electrons. The Morgan fingerprint density at radius 3 is 2.63 bits per heavy atom. The molecule has 0 saturated carbocycles. The molecule has 1 aromatic rings. The predicted molar refractivity (Wildman–Crippen MR) is 74.0 cm³/mol. The number of carbonyl (C=O) groups excluding carboxylic acids is 2. The second-order valence-corrected chi connectivity index (χ2v) is 5.55. The zero-order chi connectivity index (χ0) is 13.8. The normalized spacial score (nSPS) is 17.0. The van der Waals surface area contributed by atoms with Crippen LogP contribution in [0, 0.1) is 0 Å². The molecule has 0 aromatic carbocycles. The molecule has 1 aliphatic heterocycles. The number of hydrogen-bond donors (Lipinski definition) is 1. The second-order valence-electron chi connectivity index (χ2n) is 4.64. The first-order valence-corrected chi connectivity index (χ1v) is 7.30. The van der Waals surface area contributed by atoms with E-state index in [-0.39, 0.29) is 5.91 Å². The molecule has 0 spiro atoms. The summed E-state index contributed by atoms with van der Waals surface area (Å²) < 4.78 is 5.19. The van der Waals surface area contributed by atoms with Gasteiger partial charge in [-0.2, -0.15) is 0 Å². The number of nitrogen functional groups attached to an aromatic ring is 1. The number of rotatable bonds is 3. The smallest absolute Gasteiger partial charge is 0.351 e. The number of amides is 1. The van der Waals surface area contributed by atoms with Crippen LogP contribution in [0.15, 0.2) is 11.4 Å². The van der Waals surface area contributed by atoms with Crippen LogP contribution >= 0.6 is 11.3 Å². The highest BCUT2D eigenvalue weighted by atomic mass is 32.1. The quantitative estimate of drug-likeness (QED) is 0.859. The highest BCUT2D eigenvalue weighted by molar-refractivity contribution is 7.12. The van der Waals surface area contributed by atoms with Gasteiger partial charge in [-0.05, 0) is 37.6 Å². The minimum absolute atomic E-state index is 0.122. The number of hydrogen-bond acceptors (Lipinski definition) is 5. The van der Waals surface area contributed by atoms with Crippen molar-refractivity contribution in [1.29, 1.82) is 0 Å². The Balaban J connectivity index is 1.93. The summed E-state index contributed by atoms with van der Waals surface area (Å²) in [5, 5.41) is 1.73. The van der Waals surface area contributed by atoms with E-state index in [9.17, 15) is 9.59 Å². The van der Waals surface area contributed by atoms with Crippen molar-refractivity contribution in [2.45, 2.75) is 32.3 Å². The molecule has 5 nitrogen and oxygen atoms in total. The maximum absolute atomic E-state index is 12.1. The van der Waals surface area contributed by atoms with Gasteiger partial charge in [-0.25, -0.2) is 4.79 Å². The Morgan fingerprint density at radius 2 is 2.05 bits per heavy atom. The fourth-order valence-electron chi connectivity index (χ4n) is 2.12. The topological polar surface area (TPSA) is 72.6 Å². The molecule has 19 heavy (non-hydrogen) atoms. The third kappa shape index (κ3) is 3.26. The number of anilines is 1. The lowest BCUT2D eigenvalue weighted by atomic mass is 10.1. The summed E-state index contributed by atoms with van der Waals surface area (Å²) in [5.74, 6) is -0.645. The molecule has 1 amide bonds. The van der Waals surface area contributed by atoms with E-state index >= 15 is 0 Å². The number of nitrogens with zero attached hydrogens (tertiary/aromatic N) is 1. The van der Waals surface area contributed by atoms with Crippen LogP contribution in [0.2, 0.25) is 0 Å². The number of nitrogens with two attached hydrogens (primary N) is 1. The SMILES string of the molecule is CC(OC(=O)c1sccc1N)C(=O)N1CCCCC1. The van der Waals surface area contributed by atoms with Crippen molar-refractivity contribution in [3.63, 3.8) is 0 Å². The fraction of sp³-hybridized carbons (Fsp3) is 0.538. The van der Waals surface area contributed by atoms with Crippen LogP contribution in [-0.4, -0.2) is 36.0 Å². The molecule has 2 heterocycles. The van der Waals surface area contributed by atoms with Gasteiger partial charge in [0.15, 0.2) is 6.10 Å². The van der Waals surface area contributed by atoms with E-state index in [4.69, 9.17) is 10.5 Å². The first-order chi connectivity index (χ1) is 9.09. The van der Waals surface area contributed by atoms with Crippen molar-refractivity contribution in [2.75, 3.05) is 18.8 Å². The first kappa shape index (κ1) is 13.9. The number of thiophene rings is 1. The third-order valence-corrected chi connectivity index (χ3v) is 4.09. The van der Waals surface area contributed by atoms with Crippen LogP contribution in [0.25, 0.3) is 0 Å². The van der Waals surface area contributed by atoms with Crippen LogP contribution in [0.1, 0.15) is 35.9 Å². The molecule has 6 heteroatoms. The largest absolute Gasteiger partial charge is 0.448 e. The molecule has 0 radical (unpaired) electrons. The van der Waals surface area contributed by atoms with Crippen molar-refractivity contribution in [1.82, 2.24) is 4.90 Å². The van der Waals surface area contributed by atoms with Gasteiger partial charge in [0.1, 0.15) is 4.88 Å². The van der Waals surface area contributed by atoms with Crippen LogP contribution in [0.4, 0.5) is 5.69 Å². The van der Waals surface area contributed by atoms with Gasteiger partial charge in [0.25, 0.3) is 5.91 Å². The Bertz CT molecular complexity index is 466. The van der Waals surface area contributed by atoms with Gasteiger partial charge in [0, 0.05) is 13.1 Å². The highest BCUT2D eigenvalue weighted by Crippen LogP contribution is 2.21. The van der Waals surface area contributed by atoms with E-state index in [0.717, 1.165) is 32.4 Å². The van der Waals surface area contributed by atoms with Crippen molar-refractivity contribution >= 4 is 28.9 Å². The first-order valence-electron chi connectivity index (χ1n) is 6.42. The zero-order valence-corrected chi connectivity index (χ0v) is 11.7. The Hall–Kier alpha value is -1.56. The van der Waals surface area contributed by atoms with E-state index in [1.54, 1.807) is 23.3 Å². The molecular formula is C13H18N2O3S.